The van der Waals surface area contributed by atoms with Gasteiger partial charge in [0.1, 0.15) is 6.04 Å². The fourth-order valence-corrected chi connectivity index (χ4v) is 2.62. The molecule has 2 N–H and O–H groups in total. The van der Waals surface area contributed by atoms with Gasteiger partial charge in [-0.1, -0.05) is 24.4 Å². The Labute approximate surface area is 131 Å². The van der Waals surface area contributed by atoms with Crippen LogP contribution in [-0.4, -0.2) is 45.9 Å². The summed E-state index contributed by atoms with van der Waals surface area (Å²) in [6.45, 7) is 3.51. The van der Waals surface area contributed by atoms with Crippen LogP contribution in [0, 0.1) is 0 Å². The monoisotopic (exact) mass is 310 g/mol. The lowest BCUT2D eigenvalue weighted by Gasteiger charge is -2.24. The first-order valence-corrected chi connectivity index (χ1v) is 8.00. The Morgan fingerprint density at radius 3 is 2.73 bits per heavy atom. The van der Waals surface area contributed by atoms with Gasteiger partial charge < -0.3 is 19.8 Å². The molecule has 2 atom stereocenters. The van der Waals surface area contributed by atoms with Gasteiger partial charge >= 0.3 is 6.03 Å². The van der Waals surface area contributed by atoms with Crippen LogP contribution in [0.1, 0.15) is 69.6 Å². The lowest BCUT2D eigenvalue weighted by atomic mass is 9.89. The number of nitrogens with one attached hydrogen (secondary N) is 1. The van der Waals surface area contributed by atoms with Gasteiger partial charge in [-0.3, -0.25) is 0 Å². The van der Waals surface area contributed by atoms with Gasteiger partial charge in [0.25, 0.3) is 0 Å². The Kier molecular flexibility index (Phi) is 5.76. The van der Waals surface area contributed by atoms with Crippen molar-refractivity contribution < 1.29 is 14.4 Å². The summed E-state index contributed by atoms with van der Waals surface area (Å²) < 4.78 is 5.30. The largest absolute Gasteiger partial charge is 0.394 e. The van der Waals surface area contributed by atoms with Gasteiger partial charge in [-0.05, 0) is 26.7 Å². The minimum atomic E-state index is -0.356. The van der Waals surface area contributed by atoms with Gasteiger partial charge in [-0.2, -0.15) is 4.98 Å². The Morgan fingerprint density at radius 2 is 2.09 bits per heavy atom. The first-order chi connectivity index (χ1) is 10.5. The molecule has 0 aliphatic heterocycles. The van der Waals surface area contributed by atoms with E-state index in [4.69, 9.17) is 9.63 Å². The Bertz CT molecular complexity index is 485. The Hall–Kier alpha value is -1.63. The zero-order chi connectivity index (χ0) is 16.1. The smallest absolute Gasteiger partial charge is 0.318 e. The molecule has 7 heteroatoms. The Balaban J connectivity index is 1.93. The predicted molar refractivity (Wildman–Crippen MR) is 81.4 cm³/mol. The van der Waals surface area contributed by atoms with Gasteiger partial charge in [0, 0.05) is 13.0 Å². The molecule has 1 aliphatic carbocycles. The number of rotatable bonds is 5. The standard InChI is InChI=1S/C15H26N4O3/c1-10(9-20)19(3)15(21)16-11(2)14-17-13(18-22-14)12-7-5-4-6-8-12/h10-12,20H,4-9H2,1-3H3,(H,16,21). The van der Waals surface area contributed by atoms with Crippen LogP contribution in [0.3, 0.4) is 0 Å². The summed E-state index contributed by atoms with van der Waals surface area (Å²) >= 11 is 0. The van der Waals surface area contributed by atoms with Crippen LogP contribution >= 0.6 is 0 Å². The normalized spacial score (nSPS) is 18.7. The maximum atomic E-state index is 12.0. The first-order valence-electron chi connectivity index (χ1n) is 8.00. The van der Waals surface area contributed by atoms with E-state index in [1.165, 1.54) is 24.2 Å². The number of hydrogen-bond donors (Lipinski definition) is 2. The maximum absolute atomic E-state index is 12.0. The maximum Gasteiger partial charge on any atom is 0.318 e. The van der Waals surface area contributed by atoms with Crippen molar-refractivity contribution >= 4 is 6.03 Å². The molecule has 2 unspecified atom stereocenters. The van der Waals surface area contributed by atoms with Gasteiger partial charge in [-0.25, -0.2) is 4.79 Å². The van der Waals surface area contributed by atoms with E-state index < -0.39 is 0 Å². The van der Waals surface area contributed by atoms with Crippen molar-refractivity contribution in [2.45, 2.75) is 64.0 Å². The van der Waals surface area contributed by atoms with Gasteiger partial charge in [0.2, 0.25) is 5.89 Å². The summed E-state index contributed by atoms with van der Waals surface area (Å²) in [5.74, 6) is 1.57. The van der Waals surface area contributed by atoms with E-state index in [1.807, 2.05) is 6.92 Å². The molecule has 0 saturated heterocycles. The van der Waals surface area contributed by atoms with E-state index in [1.54, 1.807) is 14.0 Å². The summed E-state index contributed by atoms with van der Waals surface area (Å²) in [4.78, 5) is 18.0. The highest BCUT2D eigenvalue weighted by Gasteiger charge is 2.24. The van der Waals surface area contributed by atoms with Crippen LogP contribution in [0.15, 0.2) is 4.52 Å². The number of aliphatic hydroxyl groups is 1. The van der Waals surface area contributed by atoms with Crippen molar-refractivity contribution in [3.63, 3.8) is 0 Å². The molecular formula is C15H26N4O3. The van der Waals surface area contributed by atoms with Crippen LogP contribution in [0.5, 0.6) is 0 Å². The SMILES string of the molecule is CC(NC(=O)N(C)C(C)CO)c1nc(C2CCCCC2)no1. The minimum absolute atomic E-state index is 0.0787. The van der Waals surface area contributed by atoms with E-state index in [-0.39, 0.29) is 24.7 Å². The second-order valence-corrected chi connectivity index (χ2v) is 6.14. The second-order valence-electron chi connectivity index (χ2n) is 6.14. The third-order valence-corrected chi connectivity index (χ3v) is 4.38. The highest BCUT2D eigenvalue weighted by atomic mass is 16.5. The van der Waals surface area contributed by atoms with Crippen LogP contribution in [0.25, 0.3) is 0 Å². The fourth-order valence-electron chi connectivity index (χ4n) is 2.62. The molecule has 1 aliphatic rings. The minimum Gasteiger partial charge on any atom is -0.394 e. The molecule has 1 aromatic heterocycles. The van der Waals surface area contributed by atoms with E-state index in [0.717, 1.165) is 18.7 Å². The average molecular weight is 310 g/mol. The fraction of sp³-hybridized carbons (Fsp3) is 0.800. The van der Waals surface area contributed by atoms with Crippen molar-refractivity contribution in [3.05, 3.63) is 11.7 Å². The third-order valence-electron chi connectivity index (χ3n) is 4.38. The number of urea groups is 1. The molecule has 22 heavy (non-hydrogen) atoms. The summed E-state index contributed by atoms with van der Waals surface area (Å²) in [7, 11) is 1.64. The quantitative estimate of drug-likeness (QED) is 0.870. The lowest BCUT2D eigenvalue weighted by Crippen LogP contribution is -2.44. The second kappa shape index (κ2) is 7.58. The van der Waals surface area contributed by atoms with E-state index in [2.05, 4.69) is 15.5 Å². The molecule has 0 spiro atoms. The van der Waals surface area contributed by atoms with E-state index >= 15 is 0 Å². The molecule has 0 radical (unpaired) electrons. The van der Waals surface area contributed by atoms with Crippen molar-refractivity contribution in [1.29, 1.82) is 0 Å². The predicted octanol–water partition coefficient (Wildman–Crippen LogP) is 2.20. The highest BCUT2D eigenvalue weighted by molar-refractivity contribution is 5.74. The molecule has 124 valence electrons. The number of likely N-dealkylation sites (N-methyl/N-ethyl adjacent to an activating group) is 1. The molecule has 1 aromatic rings. The molecule has 2 amide bonds. The number of hydrogen-bond acceptors (Lipinski definition) is 5. The van der Waals surface area contributed by atoms with E-state index in [9.17, 15) is 4.79 Å². The number of carbonyl (C=O) groups is 1. The highest BCUT2D eigenvalue weighted by Crippen LogP contribution is 2.31. The number of carbonyl (C=O) groups excluding carboxylic acids is 1. The molecular weight excluding hydrogens is 284 g/mol. The van der Waals surface area contributed by atoms with Gasteiger partial charge in [0.15, 0.2) is 5.82 Å². The molecule has 0 aromatic carbocycles. The zero-order valence-electron chi connectivity index (χ0n) is 13.6. The van der Waals surface area contributed by atoms with E-state index in [0.29, 0.717) is 11.8 Å². The van der Waals surface area contributed by atoms with Gasteiger partial charge in [-0.15, -0.1) is 0 Å². The first kappa shape index (κ1) is 16.7. The van der Waals surface area contributed by atoms with Crippen molar-refractivity contribution in [2.24, 2.45) is 0 Å². The summed E-state index contributed by atoms with van der Waals surface area (Å²) in [6, 6.07) is -0.871. The average Bonchev–Trinajstić information content (AvgIpc) is 3.04. The molecule has 0 bridgehead atoms. The number of nitrogens with zero attached hydrogens (tertiary/aromatic N) is 3. The number of amides is 2. The van der Waals surface area contributed by atoms with Crippen molar-refractivity contribution in [3.8, 4) is 0 Å². The van der Waals surface area contributed by atoms with Crippen LogP contribution < -0.4 is 5.32 Å². The summed E-state index contributed by atoms with van der Waals surface area (Å²) in [5.41, 5.74) is 0. The van der Waals surface area contributed by atoms with Crippen LogP contribution in [-0.2, 0) is 0 Å². The molecule has 1 fully saturated rings. The molecule has 2 rings (SSSR count). The van der Waals surface area contributed by atoms with Gasteiger partial charge in [0.05, 0.1) is 12.6 Å². The topological polar surface area (TPSA) is 91.5 Å². The lowest BCUT2D eigenvalue weighted by molar-refractivity contribution is 0.154. The zero-order valence-corrected chi connectivity index (χ0v) is 13.6. The molecule has 1 saturated carbocycles. The number of aliphatic hydroxyl groups excluding tert-OH is 1. The van der Waals surface area contributed by atoms with Crippen molar-refractivity contribution in [1.82, 2.24) is 20.4 Å². The van der Waals surface area contributed by atoms with Crippen molar-refractivity contribution in [2.75, 3.05) is 13.7 Å². The molecule has 7 nitrogen and oxygen atoms in total. The Morgan fingerprint density at radius 1 is 1.41 bits per heavy atom. The summed E-state index contributed by atoms with van der Waals surface area (Å²) in [5, 5.41) is 16.0. The molecule has 1 heterocycles. The summed E-state index contributed by atoms with van der Waals surface area (Å²) in [6.07, 6.45) is 5.92. The van der Waals surface area contributed by atoms with Crippen LogP contribution in [0.4, 0.5) is 4.79 Å². The number of aromatic nitrogens is 2. The van der Waals surface area contributed by atoms with Crippen LogP contribution in [0.2, 0.25) is 0 Å². The third kappa shape index (κ3) is 3.97.